The van der Waals surface area contributed by atoms with Crippen molar-refractivity contribution in [3.8, 4) is 11.6 Å². The van der Waals surface area contributed by atoms with Crippen molar-refractivity contribution in [1.82, 2.24) is 10.3 Å². The Hall–Kier alpha value is -2.63. The van der Waals surface area contributed by atoms with E-state index in [1.807, 2.05) is 0 Å². The molecule has 0 saturated heterocycles. The predicted molar refractivity (Wildman–Crippen MR) is 70.0 cm³/mol. The molecule has 6 heteroatoms. The smallest absolute Gasteiger partial charge is 0.254 e. The van der Waals surface area contributed by atoms with E-state index in [1.165, 1.54) is 19.2 Å². The van der Waals surface area contributed by atoms with Crippen LogP contribution in [-0.2, 0) is 6.54 Å². The average molecular weight is 276 g/mol. The molecule has 1 heterocycles. The predicted octanol–water partition coefficient (Wildman–Crippen LogP) is 1.86. The van der Waals surface area contributed by atoms with Gasteiger partial charge in [-0.1, -0.05) is 6.07 Å². The number of aromatic hydroxyl groups is 1. The molecule has 0 atom stereocenters. The van der Waals surface area contributed by atoms with Gasteiger partial charge in [-0.2, -0.15) is 0 Å². The number of nitrogens with one attached hydrogen (secondary N) is 1. The molecule has 0 aliphatic carbocycles. The van der Waals surface area contributed by atoms with Gasteiger partial charge in [-0.05, 0) is 17.7 Å². The maximum Gasteiger partial charge on any atom is 0.254 e. The number of nitrogens with zero attached hydrogens (tertiary/aromatic N) is 1. The van der Waals surface area contributed by atoms with E-state index >= 15 is 0 Å². The van der Waals surface area contributed by atoms with Crippen LogP contribution in [0, 0.1) is 5.82 Å². The van der Waals surface area contributed by atoms with Gasteiger partial charge in [-0.3, -0.25) is 4.79 Å². The average Bonchev–Trinajstić information content (AvgIpc) is 2.45. The van der Waals surface area contributed by atoms with Gasteiger partial charge >= 0.3 is 0 Å². The first-order valence-electron chi connectivity index (χ1n) is 5.86. The molecule has 1 amide bonds. The third-order valence-electron chi connectivity index (χ3n) is 2.66. The number of amides is 1. The van der Waals surface area contributed by atoms with Crippen LogP contribution in [0.1, 0.15) is 15.9 Å². The molecule has 0 fully saturated rings. The van der Waals surface area contributed by atoms with Crippen LogP contribution in [0.4, 0.5) is 4.39 Å². The van der Waals surface area contributed by atoms with Crippen LogP contribution in [0.15, 0.2) is 36.5 Å². The quantitative estimate of drug-likeness (QED) is 0.894. The summed E-state index contributed by atoms with van der Waals surface area (Å²) in [4.78, 5) is 15.8. The molecular weight excluding hydrogens is 263 g/mol. The first-order chi connectivity index (χ1) is 9.60. The summed E-state index contributed by atoms with van der Waals surface area (Å²) in [6, 6.07) is 6.80. The van der Waals surface area contributed by atoms with Crippen LogP contribution in [0.25, 0.3) is 0 Å². The van der Waals surface area contributed by atoms with Crippen LogP contribution >= 0.6 is 0 Å². The number of methoxy groups -OCH3 is 1. The van der Waals surface area contributed by atoms with Gasteiger partial charge < -0.3 is 15.2 Å². The second kappa shape index (κ2) is 6.01. The maximum absolute atomic E-state index is 13.5. The molecule has 1 aromatic carbocycles. The number of ether oxygens (including phenoxy) is 1. The molecule has 0 aliphatic rings. The number of pyridine rings is 1. The van der Waals surface area contributed by atoms with Crippen molar-refractivity contribution in [1.29, 1.82) is 0 Å². The zero-order valence-corrected chi connectivity index (χ0v) is 10.8. The lowest BCUT2D eigenvalue weighted by Gasteiger charge is -2.07. The largest absolute Gasteiger partial charge is 0.508 e. The highest BCUT2D eigenvalue weighted by Gasteiger charge is 2.11. The zero-order chi connectivity index (χ0) is 14.5. The summed E-state index contributed by atoms with van der Waals surface area (Å²) < 4.78 is 18.4. The van der Waals surface area contributed by atoms with E-state index in [4.69, 9.17) is 9.84 Å². The summed E-state index contributed by atoms with van der Waals surface area (Å²) >= 11 is 0. The van der Waals surface area contributed by atoms with E-state index in [0.717, 1.165) is 11.6 Å². The van der Waals surface area contributed by atoms with Crippen molar-refractivity contribution in [3.63, 3.8) is 0 Å². The normalized spacial score (nSPS) is 10.1. The fourth-order valence-electron chi connectivity index (χ4n) is 1.60. The molecule has 0 spiro atoms. The topological polar surface area (TPSA) is 71.5 Å². The Balaban J connectivity index is 2.00. The third kappa shape index (κ3) is 3.23. The Morgan fingerprint density at radius 1 is 1.40 bits per heavy atom. The molecule has 1 aromatic heterocycles. The van der Waals surface area contributed by atoms with Crippen molar-refractivity contribution in [3.05, 3.63) is 53.5 Å². The molecule has 0 bridgehead atoms. The second-order valence-electron chi connectivity index (χ2n) is 4.06. The van der Waals surface area contributed by atoms with Crippen molar-refractivity contribution in [2.24, 2.45) is 0 Å². The number of halogens is 1. The first-order valence-corrected chi connectivity index (χ1v) is 5.86. The van der Waals surface area contributed by atoms with E-state index in [9.17, 15) is 9.18 Å². The van der Waals surface area contributed by atoms with Crippen LogP contribution in [0.2, 0.25) is 0 Å². The van der Waals surface area contributed by atoms with Crippen LogP contribution in [0.3, 0.4) is 0 Å². The van der Waals surface area contributed by atoms with E-state index < -0.39 is 11.7 Å². The van der Waals surface area contributed by atoms with Gasteiger partial charge in [0.1, 0.15) is 11.6 Å². The Kier molecular flexibility index (Phi) is 4.14. The summed E-state index contributed by atoms with van der Waals surface area (Å²) in [6.07, 6.45) is 1.56. The van der Waals surface area contributed by atoms with Crippen LogP contribution in [0.5, 0.6) is 11.6 Å². The van der Waals surface area contributed by atoms with Gasteiger partial charge in [0.25, 0.3) is 5.91 Å². The highest BCUT2D eigenvalue weighted by Crippen LogP contribution is 2.15. The number of benzene rings is 1. The Morgan fingerprint density at radius 3 is 2.80 bits per heavy atom. The maximum atomic E-state index is 13.5. The second-order valence-corrected chi connectivity index (χ2v) is 4.06. The number of carbonyl (C=O) groups is 1. The number of carbonyl (C=O) groups excluding carboxylic acids is 1. The highest BCUT2D eigenvalue weighted by molar-refractivity contribution is 5.94. The number of rotatable bonds is 4. The summed E-state index contributed by atoms with van der Waals surface area (Å²) in [6.45, 7) is 0.218. The van der Waals surface area contributed by atoms with E-state index in [0.29, 0.717) is 5.88 Å². The summed E-state index contributed by atoms with van der Waals surface area (Å²) in [5, 5.41) is 11.7. The summed E-state index contributed by atoms with van der Waals surface area (Å²) in [7, 11) is 1.51. The van der Waals surface area contributed by atoms with Crippen LogP contribution < -0.4 is 10.1 Å². The van der Waals surface area contributed by atoms with Crippen molar-refractivity contribution < 1.29 is 19.0 Å². The summed E-state index contributed by atoms with van der Waals surface area (Å²) in [5.41, 5.74) is 0.641. The molecule has 2 aromatic rings. The number of aromatic nitrogens is 1. The Morgan fingerprint density at radius 2 is 2.20 bits per heavy atom. The van der Waals surface area contributed by atoms with Gasteiger partial charge in [0.05, 0.1) is 12.7 Å². The van der Waals surface area contributed by atoms with Crippen LogP contribution in [-0.4, -0.2) is 23.1 Å². The lowest BCUT2D eigenvalue weighted by molar-refractivity contribution is 0.0947. The minimum absolute atomic E-state index is 0.121. The lowest BCUT2D eigenvalue weighted by Crippen LogP contribution is -2.23. The standard InChI is InChI=1S/C14H13FN2O3/c1-20-13-5-2-9(7-16-13)8-17-14(19)11-4-3-10(18)6-12(11)15/h2-7,18H,8H2,1H3,(H,17,19). The molecule has 0 aliphatic heterocycles. The van der Waals surface area contributed by atoms with Crippen molar-refractivity contribution in [2.75, 3.05) is 7.11 Å². The van der Waals surface area contributed by atoms with Crippen molar-refractivity contribution >= 4 is 5.91 Å². The fourth-order valence-corrected chi connectivity index (χ4v) is 1.60. The minimum Gasteiger partial charge on any atom is -0.508 e. The molecule has 5 nitrogen and oxygen atoms in total. The SMILES string of the molecule is COc1ccc(CNC(=O)c2ccc(O)cc2F)cn1. The number of phenolic OH excluding ortho intramolecular Hbond substituents is 1. The summed E-state index contributed by atoms with van der Waals surface area (Å²) in [5.74, 6) is -1.07. The molecule has 2 N–H and O–H groups in total. The van der Waals surface area contributed by atoms with Gasteiger partial charge in [-0.25, -0.2) is 9.37 Å². The zero-order valence-electron chi connectivity index (χ0n) is 10.8. The monoisotopic (exact) mass is 276 g/mol. The lowest BCUT2D eigenvalue weighted by atomic mass is 10.2. The molecule has 20 heavy (non-hydrogen) atoms. The minimum atomic E-state index is -0.768. The van der Waals surface area contributed by atoms with Gasteiger partial charge in [0.15, 0.2) is 0 Å². The van der Waals surface area contributed by atoms with Gasteiger partial charge in [0, 0.05) is 24.9 Å². The third-order valence-corrected chi connectivity index (χ3v) is 2.66. The van der Waals surface area contributed by atoms with Gasteiger partial charge in [0.2, 0.25) is 5.88 Å². The van der Waals surface area contributed by atoms with E-state index in [1.54, 1.807) is 18.3 Å². The molecular formula is C14H13FN2O3. The molecule has 0 unspecified atom stereocenters. The highest BCUT2D eigenvalue weighted by atomic mass is 19.1. The number of hydrogen-bond donors (Lipinski definition) is 2. The fraction of sp³-hybridized carbons (Fsp3) is 0.143. The number of phenols is 1. The van der Waals surface area contributed by atoms with E-state index in [2.05, 4.69) is 10.3 Å². The molecule has 0 saturated carbocycles. The van der Waals surface area contributed by atoms with Crippen molar-refractivity contribution in [2.45, 2.75) is 6.54 Å². The first kappa shape index (κ1) is 13.8. The molecule has 0 radical (unpaired) electrons. The number of hydrogen-bond acceptors (Lipinski definition) is 4. The molecule has 2 rings (SSSR count). The van der Waals surface area contributed by atoms with Gasteiger partial charge in [-0.15, -0.1) is 0 Å². The Labute approximate surface area is 115 Å². The molecule has 104 valence electrons. The Bertz CT molecular complexity index is 614. The van der Waals surface area contributed by atoms with E-state index in [-0.39, 0.29) is 17.9 Å².